The Morgan fingerprint density at radius 3 is 2.71 bits per heavy atom. The lowest BCUT2D eigenvalue weighted by molar-refractivity contribution is -0.132. The third-order valence-corrected chi connectivity index (χ3v) is 3.97. The number of carbonyl (C=O) groups is 1. The van der Waals surface area contributed by atoms with Gasteiger partial charge < -0.3 is 9.42 Å². The molecule has 0 aromatic carbocycles. The van der Waals surface area contributed by atoms with Crippen molar-refractivity contribution in [2.75, 3.05) is 13.1 Å². The molecule has 0 bridgehead atoms. The molecule has 1 aliphatic rings. The van der Waals surface area contributed by atoms with Crippen LogP contribution in [0.3, 0.4) is 0 Å². The zero-order valence-electron chi connectivity index (χ0n) is 11.8. The monoisotopic (exact) mass is 286 g/mol. The lowest BCUT2D eigenvalue weighted by Crippen LogP contribution is -2.38. The van der Waals surface area contributed by atoms with E-state index in [0.717, 1.165) is 43.7 Å². The van der Waals surface area contributed by atoms with Crippen molar-refractivity contribution in [1.29, 1.82) is 0 Å². The summed E-state index contributed by atoms with van der Waals surface area (Å²) in [6.07, 6.45) is 8.01. The van der Waals surface area contributed by atoms with Crippen molar-refractivity contribution in [2.45, 2.75) is 31.6 Å². The van der Waals surface area contributed by atoms with Gasteiger partial charge in [0.05, 0.1) is 0 Å². The molecule has 110 valence electrons. The SMILES string of the molecule is O=C(CCc1ccncc1)N1CCC(c2ncon2)CC1. The quantitative estimate of drug-likeness (QED) is 0.857. The molecule has 0 unspecified atom stereocenters. The molecule has 0 spiro atoms. The van der Waals surface area contributed by atoms with Crippen LogP contribution < -0.4 is 0 Å². The predicted molar refractivity (Wildman–Crippen MR) is 75.4 cm³/mol. The Morgan fingerprint density at radius 2 is 2.05 bits per heavy atom. The van der Waals surface area contributed by atoms with Gasteiger partial charge in [-0.15, -0.1) is 0 Å². The van der Waals surface area contributed by atoms with Crippen molar-refractivity contribution in [2.24, 2.45) is 0 Å². The van der Waals surface area contributed by atoms with Gasteiger partial charge in [-0.25, -0.2) is 0 Å². The second-order valence-corrected chi connectivity index (χ2v) is 5.30. The number of piperidine rings is 1. The highest BCUT2D eigenvalue weighted by Gasteiger charge is 2.25. The van der Waals surface area contributed by atoms with Gasteiger partial charge in [-0.05, 0) is 37.0 Å². The summed E-state index contributed by atoms with van der Waals surface area (Å²) in [4.78, 5) is 22.2. The van der Waals surface area contributed by atoms with E-state index in [9.17, 15) is 4.79 Å². The van der Waals surface area contributed by atoms with Crippen LogP contribution in [0.4, 0.5) is 0 Å². The molecule has 1 fully saturated rings. The number of amides is 1. The number of rotatable bonds is 4. The first kappa shape index (κ1) is 13.7. The van der Waals surface area contributed by atoms with Crippen LogP contribution in [0.1, 0.15) is 36.6 Å². The van der Waals surface area contributed by atoms with Gasteiger partial charge in [-0.3, -0.25) is 9.78 Å². The third-order valence-electron chi connectivity index (χ3n) is 3.97. The molecule has 0 aliphatic carbocycles. The molecular formula is C15H18N4O2. The summed E-state index contributed by atoms with van der Waals surface area (Å²) in [6.45, 7) is 1.54. The van der Waals surface area contributed by atoms with Gasteiger partial charge in [-0.2, -0.15) is 4.98 Å². The van der Waals surface area contributed by atoms with E-state index < -0.39 is 0 Å². The second-order valence-electron chi connectivity index (χ2n) is 5.30. The van der Waals surface area contributed by atoms with Gasteiger partial charge in [0, 0.05) is 37.8 Å². The zero-order valence-corrected chi connectivity index (χ0v) is 11.8. The fourth-order valence-corrected chi connectivity index (χ4v) is 2.70. The zero-order chi connectivity index (χ0) is 14.5. The number of carbonyl (C=O) groups excluding carboxylic acids is 1. The Bertz CT molecular complexity index is 563. The highest BCUT2D eigenvalue weighted by Crippen LogP contribution is 2.25. The third kappa shape index (κ3) is 3.45. The molecule has 2 aromatic rings. The van der Waals surface area contributed by atoms with Crippen LogP contribution in [-0.4, -0.2) is 39.0 Å². The van der Waals surface area contributed by atoms with Gasteiger partial charge in [0.2, 0.25) is 12.3 Å². The van der Waals surface area contributed by atoms with Gasteiger partial charge in [0.1, 0.15) is 0 Å². The van der Waals surface area contributed by atoms with E-state index in [2.05, 4.69) is 15.1 Å². The molecule has 0 atom stereocenters. The van der Waals surface area contributed by atoms with Crippen LogP contribution in [0.15, 0.2) is 35.4 Å². The highest BCUT2D eigenvalue weighted by molar-refractivity contribution is 5.76. The van der Waals surface area contributed by atoms with Crippen molar-refractivity contribution < 1.29 is 9.32 Å². The summed E-state index contributed by atoms with van der Waals surface area (Å²) < 4.78 is 4.78. The number of nitrogens with zero attached hydrogens (tertiary/aromatic N) is 4. The molecule has 21 heavy (non-hydrogen) atoms. The summed E-state index contributed by atoms with van der Waals surface area (Å²) in [7, 11) is 0. The highest BCUT2D eigenvalue weighted by atomic mass is 16.5. The molecule has 0 N–H and O–H groups in total. The predicted octanol–water partition coefficient (Wildman–Crippen LogP) is 1.80. The molecular weight excluding hydrogens is 268 g/mol. The van der Waals surface area contributed by atoms with Crippen LogP contribution in [0.5, 0.6) is 0 Å². The first-order valence-electron chi connectivity index (χ1n) is 7.26. The number of hydrogen-bond acceptors (Lipinski definition) is 5. The Balaban J connectivity index is 1.47. The van der Waals surface area contributed by atoms with E-state index in [1.807, 2.05) is 17.0 Å². The fraction of sp³-hybridized carbons (Fsp3) is 0.467. The Morgan fingerprint density at radius 1 is 1.29 bits per heavy atom. The van der Waals surface area contributed by atoms with Crippen LogP contribution in [-0.2, 0) is 11.2 Å². The van der Waals surface area contributed by atoms with E-state index in [-0.39, 0.29) is 5.91 Å². The van der Waals surface area contributed by atoms with Crippen LogP contribution in [0, 0.1) is 0 Å². The largest absolute Gasteiger partial charge is 0.343 e. The van der Waals surface area contributed by atoms with E-state index >= 15 is 0 Å². The molecule has 3 rings (SSSR count). The Labute approximate surface area is 123 Å². The van der Waals surface area contributed by atoms with Gasteiger partial charge in [0.15, 0.2) is 5.82 Å². The van der Waals surface area contributed by atoms with Crippen LogP contribution in [0.2, 0.25) is 0 Å². The van der Waals surface area contributed by atoms with E-state index in [1.54, 1.807) is 12.4 Å². The summed E-state index contributed by atoms with van der Waals surface area (Å²) in [5.74, 6) is 1.30. The molecule has 0 saturated carbocycles. The molecule has 6 nitrogen and oxygen atoms in total. The maximum absolute atomic E-state index is 12.2. The lowest BCUT2D eigenvalue weighted by Gasteiger charge is -2.30. The summed E-state index contributed by atoms with van der Waals surface area (Å²) in [6, 6.07) is 3.91. The molecule has 1 aliphatic heterocycles. The average Bonchev–Trinajstić information content (AvgIpc) is 3.08. The van der Waals surface area contributed by atoms with Crippen LogP contribution in [0.25, 0.3) is 0 Å². The minimum absolute atomic E-state index is 0.221. The topological polar surface area (TPSA) is 72.1 Å². The maximum atomic E-state index is 12.2. The minimum atomic E-state index is 0.221. The summed E-state index contributed by atoms with van der Waals surface area (Å²) in [5.41, 5.74) is 1.15. The van der Waals surface area contributed by atoms with E-state index in [0.29, 0.717) is 12.3 Å². The Kier molecular flexibility index (Phi) is 4.23. The van der Waals surface area contributed by atoms with E-state index in [4.69, 9.17) is 4.52 Å². The summed E-state index contributed by atoms with van der Waals surface area (Å²) >= 11 is 0. The van der Waals surface area contributed by atoms with Crippen molar-refractivity contribution in [3.63, 3.8) is 0 Å². The molecule has 2 aromatic heterocycles. The fourth-order valence-electron chi connectivity index (χ4n) is 2.70. The van der Waals surface area contributed by atoms with Crippen LogP contribution >= 0.6 is 0 Å². The van der Waals surface area contributed by atoms with Gasteiger partial charge >= 0.3 is 0 Å². The van der Waals surface area contributed by atoms with Crippen molar-refractivity contribution in [3.8, 4) is 0 Å². The first-order chi connectivity index (χ1) is 10.3. The number of pyridine rings is 1. The lowest BCUT2D eigenvalue weighted by atomic mass is 9.96. The normalized spacial score (nSPS) is 16.1. The Hall–Kier alpha value is -2.24. The standard InChI is InChI=1S/C15H18N4O2/c20-14(2-1-12-3-7-16-8-4-12)19-9-5-13(6-10-19)15-17-11-21-18-15/h3-4,7-8,11,13H,1-2,5-6,9-10H2. The van der Waals surface area contributed by atoms with Crippen molar-refractivity contribution in [1.82, 2.24) is 20.0 Å². The number of hydrogen-bond donors (Lipinski definition) is 0. The van der Waals surface area contributed by atoms with E-state index in [1.165, 1.54) is 6.39 Å². The number of aromatic nitrogens is 3. The second kappa shape index (κ2) is 6.47. The molecule has 6 heteroatoms. The van der Waals surface area contributed by atoms with Gasteiger partial charge in [0.25, 0.3) is 0 Å². The van der Waals surface area contributed by atoms with Crippen molar-refractivity contribution in [3.05, 3.63) is 42.3 Å². The van der Waals surface area contributed by atoms with Crippen molar-refractivity contribution >= 4 is 5.91 Å². The summed E-state index contributed by atoms with van der Waals surface area (Å²) in [5, 5.41) is 3.89. The van der Waals surface area contributed by atoms with Gasteiger partial charge in [-0.1, -0.05) is 5.16 Å². The number of aryl methyl sites for hydroxylation is 1. The molecule has 1 saturated heterocycles. The molecule has 3 heterocycles. The minimum Gasteiger partial charge on any atom is -0.343 e. The number of likely N-dealkylation sites (tertiary alicyclic amines) is 1. The first-order valence-corrected chi connectivity index (χ1v) is 7.26. The average molecular weight is 286 g/mol. The molecule has 1 amide bonds. The maximum Gasteiger partial charge on any atom is 0.222 e. The smallest absolute Gasteiger partial charge is 0.222 e. The molecule has 0 radical (unpaired) electrons.